The first-order chi connectivity index (χ1) is 10.1. The summed E-state index contributed by atoms with van der Waals surface area (Å²) in [4.78, 5) is 10.9. The maximum Gasteiger partial charge on any atom is 0.251 e. The van der Waals surface area contributed by atoms with Gasteiger partial charge in [0.2, 0.25) is 5.78 Å². The zero-order valence-corrected chi connectivity index (χ0v) is 11.3. The normalized spacial score (nSPS) is 18.5. The molecule has 1 aliphatic rings. The van der Waals surface area contributed by atoms with Crippen LogP contribution >= 0.6 is 0 Å². The van der Waals surface area contributed by atoms with E-state index in [4.69, 9.17) is 0 Å². The molecule has 0 bridgehead atoms. The molecule has 3 heterocycles. The van der Waals surface area contributed by atoms with Crippen LogP contribution in [0.5, 0.6) is 0 Å². The van der Waals surface area contributed by atoms with Gasteiger partial charge in [0.1, 0.15) is 5.82 Å². The van der Waals surface area contributed by atoms with E-state index in [1.807, 2.05) is 45.8 Å². The van der Waals surface area contributed by atoms with Crippen LogP contribution < -0.4 is 4.90 Å². The molecule has 6 heteroatoms. The fourth-order valence-electron chi connectivity index (χ4n) is 2.78. The van der Waals surface area contributed by atoms with Crippen molar-refractivity contribution in [3.05, 3.63) is 36.5 Å². The summed E-state index contributed by atoms with van der Waals surface area (Å²) in [5.74, 6) is -1.22. The van der Waals surface area contributed by atoms with Crippen molar-refractivity contribution in [2.45, 2.75) is 18.8 Å². The molecule has 0 aliphatic carbocycles. The second kappa shape index (κ2) is 4.38. The fraction of sp³-hybridized carbons (Fsp3) is 0.333. The molecule has 3 aromatic rings. The van der Waals surface area contributed by atoms with Crippen LogP contribution in [0.15, 0.2) is 36.5 Å². The zero-order chi connectivity index (χ0) is 14.4. The van der Waals surface area contributed by atoms with E-state index in [9.17, 15) is 8.78 Å². The van der Waals surface area contributed by atoms with Crippen molar-refractivity contribution in [2.75, 3.05) is 18.0 Å². The van der Waals surface area contributed by atoms with Crippen molar-refractivity contribution < 1.29 is 8.78 Å². The van der Waals surface area contributed by atoms with Gasteiger partial charge in [0.05, 0.1) is 11.0 Å². The van der Waals surface area contributed by atoms with Crippen LogP contribution in [-0.4, -0.2) is 33.4 Å². The maximum absolute atomic E-state index is 13.2. The Kier molecular flexibility index (Phi) is 2.60. The molecule has 4 nitrogen and oxygen atoms in total. The van der Waals surface area contributed by atoms with Gasteiger partial charge in [-0.2, -0.15) is 4.98 Å². The average Bonchev–Trinajstić information content (AvgIpc) is 2.84. The molecule has 1 aliphatic heterocycles. The third-order valence-electron chi connectivity index (χ3n) is 3.98. The standard InChI is InChI=1S/C15H14F2N4/c16-15(17)6-9-20(10-7-15)13-5-8-21-12-4-2-1-3-11(12)18-14(21)19-13/h1-5,8H,6-7,9-10H2. The van der Waals surface area contributed by atoms with E-state index in [0.717, 1.165) is 11.0 Å². The minimum atomic E-state index is -2.54. The fourth-order valence-corrected chi connectivity index (χ4v) is 2.78. The number of fused-ring (bicyclic) bond motifs is 3. The van der Waals surface area contributed by atoms with E-state index < -0.39 is 5.92 Å². The Bertz CT molecular complexity index is 802. The Morgan fingerprint density at radius 1 is 1.00 bits per heavy atom. The Morgan fingerprint density at radius 3 is 2.57 bits per heavy atom. The SMILES string of the molecule is FC1(F)CCN(c2ccn3c(n2)nc2ccccc23)CC1. The van der Waals surface area contributed by atoms with Gasteiger partial charge in [-0.15, -0.1) is 0 Å². The van der Waals surface area contributed by atoms with Crippen LogP contribution in [0.25, 0.3) is 16.8 Å². The molecule has 0 N–H and O–H groups in total. The number of aromatic nitrogens is 3. The Hall–Kier alpha value is -2.24. The molecule has 0 saturated carbocycles. The Morgan fingerprint density at radius 2 is 1.76 bits per heavy atom. The molecular formula is C15H14F2N4. The molecule has 1 saturated heterocycles. The van der Waals surface area contributed by atoms with Crippen molar-refractivity contribution >= 4 is 22.6 Å². The maximum atomic E-state index is 13.2. The van der Waals surface area contributed by atoms with Gasteiger partial charge in [0.25, 0.3) is 5.92 Å². The average molecular weight is 288 g/mol. The molecule has 0 unspecified atom stereocenters. The first-order valence-electron chi connectivity index (χ1n) is 6.99. The third kappa shape index (κ3) is 2.11. The minimum Gasteiger partial charge on any atom is -0.356 e. The summed E-state index contributed by atoms with van der Waals surface area (Å²) in [7, 11) is 0. The molecular weight excluding hydrogens is 274 g/mol. The Balaban J connectivity index is 1.72. The zero-order valence-electron chi connectivity index (χ0n) is 11.3. The smallest absolute Gasteiger partial charge is 0.251 e. The molecule has 4 rings (SSSR count). The molecule has 0 atom stereocenters. The van der Waals surface area contributed by atoms with Crippen molar-refractivity contribution in [2.24, 2.45) is 0 Å². The predicted molar refractivity (Wildman–Crippen MR) is 76.9 cm³/mol. The number of nitrogens with zero attached hydrogens (tertiary/aromatic N) is 4. The first kappa shape index (κ1) is 12.5. The molecule has 21 heavy (non-hydrogen) atoms. The number of anilines is 1. The quantitative estimate of drug-likeness (QED) is 0.690. The number of hydrogen-bond acceptors (Lipinski definition) is 3. The second-order valence-corrected chi connectivity index (χ2v) is 5.40. The number of imidazole rings is 1. The highest BCUT2D eigenvalue weighted by molar-refractivity contribution is 5.79. The molecule has 0 radical (unpaired) electrons. The molecule has 0 spiro atoms. The summed E-state index contributed by atoms with van der Waals surface area (Å²) >= 11 is 0. The summed E-state index contributed by atoms with van der Waals surface area (Å²) in [6.45, 7) is 0.660. The Labute approximate surface area is 120 Å². The number of para-hydroxylation sites is 2. The van der Waals surface area contributed by atoms with Crippen LogP contribution in [0.1, 0.15) is 12.8 Å². The number of halogens is 2. The van der Waals surface area contributed by atoms with Gasteiger partial charge in [0.15, 0.2) is 0 Å². The highest BCUT2D eigenvalue weighted by Gasteiger charge is 2.34. The number of rotatable bonds is 1. The number of alkyl halides is 2. The lowest BCUT2D eigenvalue weighted by Crippen LogP contribution is -2.39. The van der Waals surface area contributed by atoms with Gasteiger partial charge >= 0.3 is 0 Å². The van der Waals surface area contributed by atoms with Crippen LogP contribution in [0.4, 0.5) is 14.6 Å². The minimum absolute atomic E-state index is 0.115. The van der Waals surface area contributed by atoms with Gasteiger partial charge < -0.3 is 4.90 Å². The molecule has 1 fully saturated rings. The highest BCUT2D eigenvalue weighted by atomic mass is 19.3. The summed E-state index contributed by atoms with van der Waals surface area (Å²) in [5, 5.41) is 0. The largest absolute Gasteiger partial charge is 0.356 e. The van der Waals surface area contributed by atoms with Crippen LogP contribution in [0, 0.1) is 0 Å². The topological polar surface area (TPSA) is 33.4 Å². The molecule has 108 valence electrons. The van der Waals surface area contributed by atoms with Crippen LogP contribution in [-0.2, 0) is 0 Å². The van der Waals surface area contributed by atoms with Gasteiger partial charge in [-0.05, 0) is 18.2 Å². The first-order valence-corrected chi connectivity index (χ1v) is 6.99. The summed E-state index contributed by atoms with van der Waals surface area (Å²) in [6.07, 6.45) is 1.67. The van der Waals surface area contributed by atoms with Gasteiger partial charge in [-0.3, -0.25) is 4.40 Å². The van der Waals surface area contributed by atoms with Gasteiger partial charge in [-0.1, -0.05) is 12.1 Å². The van der Waals surface area contributed by atoms with E-state index in [2.05, 4.69) is 9.97 Å². The number of piperidine rings is 1. The monoisotopic (exact) mass is 288 g/mol. The van der Waals surface area contributed by atoms with E-state index >= 15 is 0 Å². The van der Waals surface area contributed by atoms with E-state index in [-0.39, 0.29) is 12.8 Å². The van der Waals surface area contributed by atoms with Crippen molar-refractivity contribution in [3.63, 3.8) is 0 Å². The molecule has 0 amide bonds. The lowest BCUT2D eigenvalue weighted by molar-refractivity contribution is -0.0221. The van der Waals surface area contributed by atoms with E-state index in [1.54, 1.807) is 0 Å². The van der Waals surface area contributed by atoms with Crippen molar-refractivity contribution in [3.8, 4) is 0 Å². The van der Waals surface area contributed by atoms with Crippen molar-refractivity contribution in [1.29, 1.82) is 0 Å². The van der Waals surface area contributed by atoms with E-state index in [1.165, 1.54) is 0 Å². The summed E-state index contributed by atoms with van der Waals surface area (Å²) in [5.41, 5.74) is 1.88. The lowest BCUT2D eigenvalue weighted by atomic mass is 10.1. The summed E-state index contributed by atoms with van der Waals surface area (Å²) in [6, 6.07) is 9.67. The predicted octanol–water partition coefficient (Wildman–Crippen LogP) is 3.12. The van der Waals surface area contributed by atoms with Crippen LogP contribution in [0.2, 0.25) is 0 Å². The van der Waals surface area contributed by atoms with Crippen LogP contribution in [0.3, 0.4) is 0 Å². The van der Waals surface area contributed by atoms with Crippen molar-refractivity contribution in [1.82, 2.24) is 14.4 Å². The van der Waals surface area contributed by atoms with Gasteiger partial charge in [0, 0.05) is 32.1 Å². The lowest BCUT2D eigenvalue weighted by Gasteiger charge is -2.32. The summed E-state index contributed by atoms with van der Waals surface area (Å²) < 4.78 is 28.4. The second-order valence-electron chi connectivity index (χ2n) is 5.40. The highest BCUT2D eigenvalue weighted by Crippen LogP contribution is 2.30. The van der Waals surface area contributed by atoms with E-state index in [0.29, 0.717) is 24.7 Å². The molecule has 1 aromatic carbocycles. The number of benzene rings is 1. The number of hydrogen-bond donors (Lipinski definition) is 0. The third-order valence-corrected chi connectivity index (χ3v) is 3.98. The van der Waals surface area contributed by atoms with Gasteiger partial charge in [-0.25, -0.2) is 13.8 Å². The molecule has 2 aromatic heterocycles.